The van der Waals surface area contributed by atoms with E-state index < -0.39 is 22.0 Å². The molecule has 18 aromatic rings. The molecule has 0 amide bonds. The number of nitriles is 2. The first-order chi connectivity index (χ1) is 56.5. The summed E-state index contributed by atoms with van der Waals surface area (Å²) in [5.74, 6) is 5.36. The van der Waals surface area contributed by atoms with Crippen LogP contribution in [0.25, 0.3) is 101 Å². The summed E-state index contributed by atoms with van der Waals surface area (Å²) >= 11 is 6.15. The van der Waals surface area contributed by atoms with Crippen LogP contribution in [0.15, 0.2) is 349 Å². The first-order valence-electron chi connectivity index (χ1n) is 37.7. The average molecular weight is 1540 g/mol. The Labute approximate surface area is 683 Å². The molecule has 0 saturated carbocycles. The Hall–Kier alpha value is -14.4. The van der Waals surface area contributed by atoms with Gasteiger partial charge in [-0.2, -0.15) is 20.5 Å². The Morgan fingerprint density at radius 1 is 0.333 bits per heavy atom. The second-order valence-electron chi connectivity index (χ2n) is 29.2. The minimum Gasteiger partial charge on any atom is -0.457 e. The van der Waals surface area contributed by atoms with Crippen molar-refractivity contribution in [1.82, 2.24) is 29.9 Å². The molecule has 14 nitrogen and oxygen atoms in total. The van der Waals surface area contributed by atoms with Gasteiger partial charge < -0.3 is 28.5 Å². The SMILES string of the molecule is C.CC(C)(O)C(C)(C)O.N#Cc1ccc(-c2nc(-c3ccc4c(c3)oc3ccccc34)nc(-c3cccc4c3Oc3ccccc3C4(c3ccccc3)c3ccccc3)n2)cc1.N#Cc1ccc(-c2nc(Cl)nc(-c3ccc4c(c3)oc3ccccc34)n2)cc1.[B]c1cccc2c1Oc1ccccc1C2(c1ccccc1)c1ccccc1. The van der Waals surface area contributed by atoms with Gasteiger partial charge >= 0.3 is 0 Å². The number of aliphatic hydroxyl groups is 2. The molecule has 2 radical (unpaired) electrons. The van der Waals surface area contributed by atoms with Crippen LogP contribution < -0.4 is 14.9 Å². The molecule has 0 fully saturated rings. The van der Waals surface area contributed by atoms with Crippen LogP contribution in [0, 0.1) is 22.7 Å². The molecule has 117 heavy (non-hydrogen) atoms. The minimum atomic E-state index is -1.01. The molecule has 16 heteroatoms. The molecule has 2 N–H and O–H groups in total. The lowest BCUT2D eigenvalue weighted by molar-refractivity contribution is -0.107. The second-order valence-corrected chi connectivity index (χ2v) is 29.6. The predicted molar refractivity (Wildman–Crippen MR) is 464 cm³/mol. The number of fused-ring (bicyclic) bond motifs is 10. The van der Waals surface area contributed by atoms with Gasteiger partial charge in [0.2, 0.25) is 5.28 Å². The van der Waals surface area contributed by atoms with Gasteiger partial charge in [-0.1, -0.05) is 249 Å². The van der Waals surface area contributed by atoms with E-state index in [1.54, 1.807) is 64.1 Å². The van der Waals surface area contributed by atoms with Crippen LogP contribution in [-0.4, -0.2) is 59.2 Å². The van der Waals surface area contributed by atoms with E-state index in [-0.39, 0.29) is 12.7 Å². The Kier molecular flexibility index (Phi) is 20.8. The maximum atomic E-state index is 9.50. The number of aromatic nitrogens is 6. The fourth-order valence-corrected chi connectivity index (χ4v) is 15.3. The maximum Gasteiger partial charge on any atom is 0.226 e. The number of ether oxygens (including phenoxy) is 2. The molecule has 14 aromatic carbocycles. The van der Waals surface area contributed by atoms with Crippen molar-refractivity contribution in [2.45, 2.75) is 57.2 Å². The summed E-state index contributed by atoms with van der Waals surface area (Å²) in [5, 5.41) is 40.9. The van der Waals surface area contributed by atoms with Crippen LogP contribution >= 0.6 is 11.6 Å². The van der Waals surface area contributed by atoms with Crippen LogP contribution in [-0.2, 0) is 10.8 Å². The summed E-state index contributed by atoms with van der Waals surface area (Å²) in [6.45, 7) is 6.31. The van der Waals surface area contributed by atoms with Gasteiger partial charge in [0.05, 0.1) is 50.9 Å². The third kappa shape index (κ3) is 14.4. The first-order valence-corrected chi connectivity index (χ1v) is 38.1. The highest BCUT2D eigenvalue weighted by Gasteiger charge is 2.48. The standard InChI is InChI=1S/C47H28N4O2.C25H17BO.C22H11ClN4O.C6H14O2.CH4/c48-29-30-22-24-31(25-23-30)44-49-45(32-26-27-36-35-16-7-9-20-40(35)52-42(36)28-32)51-46(50-44)37-17-11-19-39-43(37)53-41-21-10-8-18-38(41)47(39,33-12-3-1-4-13-33)34-14-5-2-6-15-34;26-22-16-9-15-21-24(22)27-23-17-8-7-14-20(23)25(21,18-10-3-1-4-11-18)19-12-5-2-6-13-19;23-22-26-20(14-7-5-13(12-24)6-8-14)25-21(27-22)15-9-10-17-16-3-1-2-4-18(16)28-19(17)11-15;1-5(2,7)6(3,4)8;/h1-28H;1-17H;1-11H;7-8H,1-4H3;1H4. The van der Waals surface area contributed by atoms with Gasteiger partial charge in [-0.25, -0.2) is 19.9 Å². The normalized spacial score (nSPS) is 12.6. The second kappa shape index (κ2) is 31.9. The molecule has 0 saturated heterocycles. The number of benzene rings is 14. The number of halogens is 1. The molecule has 6 heterocycles. The van der Waals surface area contributed by atoms with Gasteiger partial charge in [-0.3, -0.25) is 0 Å². The fraction of sp³-hybridized carbons (Fsp3) is 0.0891. The molecule has 0 aliphatic carbocycles. The summed E-state index contributed by atoms with van der Waals surface area (Å²) in [6.07, 6.45) is 0. The highest BCUT2D eigenvalue weighted by Crippen LogP contribution is 2.58. The van der Waals surface area contributed by atoms with Gasteiger partial charge in [0.15, 0.2) is 29.1 Å². The largest absolute Gasteiger partial charge is 0.457 e. The summed E-state index contributed by atoms with van der Waals surface area (Å²) < 4.78 is 25.4. The highest BCUT2D eigenvalue weighted by atomic mass is 35.5. The third-order valence-electron chi connectivity index (χ3n) is 21.5. The summed E-state index contributed by atoms with van der Waals surface area (Å²) in [7, 11) is 6.35. The number of para-hydroxylation sites is 6. The smallest absolute Gasteiger partial charge is 0.226 e. The lowest BCUT2D eigenvalue weighted by Crippen LogP contribution is -2.44. The van der Waals surface area contributed by atoms with Crippen LogP contribution in [0.3, 0.4) is 0 Å². The molecule has 2 aliphatic rings. The van der Waals surface area contributed by atoms with Crippen molar-refractivity contribution in [2.24, 2.45) is 0 Å². The van der Waals surface area contributed by atoms with E-state index in [1.165, 1.54) is 11.1 Å². The van der Waals surface area contributed by atoms with Gasteiger partial charge in [0.25, 0.3) is 0 Å². The van der Waals surface area contributed by atoms with E-state index in [0.717, 1.165) is 122 Å². The molecule has 2 aliphatic heterocycles. The van der Waals surface area contributed by atoms with E-state index in [1.807, 2.05) is 152 Å². The van der Waals surface area contributed by atoms with Gasteiger partial charge in [0, 0.05) is 66.1 Å². The number of rotatable bonds is 10. The Balaban J connectivity index is 0.000000135. The molecule has 0 bridgehead atoms. The molecule has 20 rings (SSSR count). The number of hydrogen-bond donors (Lipinski definition) is 2. The van der Waals surface area contributed by atoms with Crippen molar-refractivity contribution in [3.63, 3.8) is 0 Å². The Bertz CT molecular complexity index is 6710. The summed E-state index contributed by atoms with van der Waals surface area (Å²) in [4.78, 5) is 28.3. The van der Waals surface area contributed by atoms with Crippen molar-refractivity contribution in [3.05, 3.63) is 401 Å². The number of hydrogen-bond acceptors (Lipinski definition) is 14. The van der Waals surface area contributed by atoms with Gasteiger partial charge in [0.1, 0.15) is 53.2 Å². The fourth-order valence-electron chi connectivity index (χ4n) is 15.1. The molecule has 4 aromatic heterocycles. The Morgan fingerprint density at radius 2 is 0.658 bits per heavy atom. The van der Waals surface area contributed by atoms with E-state index in [9.17, 15) is 5.26 Å². The molecule has 564 valence electrons. The van der Waals surface area contributed by atoms with Crippen molar-refractivity contribution < 1.29 is 28.5 Å². The number of furan rings is 2. The summed E-state index contributed by atoms with van der Waals surface area (Å²) in [5.41, 5.74) is 14.4. The van der Waals surface area contributed by atoms with Crippen molar-refractivity contribution in [1.29, 1.82) is 10.5 Å². The average Bonchev–Trinajstić information content (AvgIpc) is 1.29. The first kappa shape index (κ1) is 76.5. The molecule has 0 spiro atoms. The van der Waals surface area contributed by atoms with Crippen molar-refractivity contribution >= 4 is 68.8 Å². The zero-order valence-electron chi connectivity index (χ0n) is 63.4. The van der Waals surface area contributed by atoms with Crippen LogP contribution in [0.4, 0.5) is 0 Å². The number of nitrogens with zero attached hydrogens (tertiary/aromatic N) is 8. The van der Waals surface area contributed by atoms with Crippen molar-refractivity contribution in [2.75, 3.05) is 0 Å². The van der Waals surface area contributed by atoms with Gasteiger partial charge in [-0.15, -0.1) is 0 Å². The molecular formula is C101H74BClN8O6. The minimum absolute atomic E-state index is 0. The molecule has 0 atom stereocenters. The lowest BCUT2D eigenvalue weighted by Gasteiger charge is -2.42. The lowest BCUT2D eigenvalue weighted by atomic mass is 9.63. The van der Waals surface area contributed by atoms with E-state index >= 15 is 0 Å². The zero-order valence-corrected chi connectivity index (χ0v) is 64.1. The third-order valence-corrected chi connectivity index (χ3v) is 21.7. The topological polar surface area (TPSA) is 210 Å². The van der Waals surface area contributed by atoms with Crippen molar-refractivity contribution in [3.8, 4) is 92.1 Å². The monoisotopic (exact) mass is 1540 g/mol. The highest BCUT2D eigenvalue weighted by molar-refractivity contribution is 6.34. The van der Waals surface area contributed by atoms with Crippen LogP contribution in [0.1, 0.15) is 90.8 Å². The zero-order chi connectivity index (χ0) is 79.7. The Morgan fingerprint density at radius 3 is 1.09 bits per heavy atom. The molecular weight excluding hydrogens is 1470 g/mol. The quantitative estimate of drug-likeness (QED) is 0.122. The summed E-state index contributed by atoms with van der Waals surface area (Å²) in [6, 6.07) is 118. The molecule has 0 unspecified atom stereocenters. The predicted octanol–water partition coefficient (Wildman–Crippen LogP) is 22.9. The van der Waals surface area contributed by atoms with Gasteiger partial charge in [-0.05, 0) is 165 Å². The van der Waals surface area contributed by atoms with Crippen LogP contribution in [0.5, 0.6) is 23.0 Å². The van der Waals surface area contributed by atoms with E-state index in [0.29, 0.717) is 51.5 Å². The maximum absolute atomic E-state index is 9.50. The van der Waals surface area contributed by atoms with E-state index in [2.05, 4.69) is 179 Å². The van der Waals surface area contributed by atoms with E-state index in [4.69, 9.17) is 68.2 Å². The van der Waals surface area contributed by atoms with Crippen LogP contribution in [0.2, 0.25) is 5.28 Å².